The molecule has 0 amide bonds. The summed E-state index contributed by atoms with van der Waals surface area (Å²) >= 11 is 3.52. The topological polar surface area (TPSA) is 87.9 Å². The van der Waals surface area contributed by atoms with E-state index >= 15 is 0 Å². The molecule has 0 bridgehead atoms. The number of pyridine rings is 2. The van der Waals surface area contributed by atoms with Crippen molar-refractivity contribution in [3.8, 4) is 0 Å². The van der Waals surface area contributed by atoms with Crippen molar-refractivity contribution in [3.05, 3.63) is 58.8 Å². The van der Waals surface area contributed by atoms with Crippen LogP contribution < -0.4 is 9.06 Å². The Balaban J connectivity index is 0.000000282. The second kappa shape index (κ2) is 6.23. The second-order valence-electron chi connectivity index (χ2n) is 4.41. The van der Waals surface area contributed by atoms with Gasteiger partial charge in [0.25, 0.3) is 0 Å². The third-order valence-corrected chi connectivity index (χ3v) is 3.47. The molecule has 0 fully saturated rings. The first-order chi connectivity index (χ1) is 9.75. The number of halogens is 2. The summed E-state index contributed by atoms with van der Waals surface area (Å²) in [7, 11) is -4.19. The van der Waals surface area contributed by atoms with E-state index in [1.807, 2.05) is 0 Å². The molecule has 0 saturated carbocycles. The zero-order valence-electron chi connectivity index (χ0n) is 11.1. The van der Waals surface area contributed by atoms with E-state index in [0.29, 0.717) is 0 Å². The van der Waals surface area contributed by atoms with Gasteiger partial charge in [0.2, 0.25) is 5.52 Å². The van der Waals surface area contributed by atoms with Crippen molar-refractivity contribution in [1.82, 2.24) is 0 Å². The maximum atomic E-state index is 8.83. The number of hydrogen-bond acceptors (Lipinski definition) is 4. The first kappa shape index (κ1) is 16.1. The van der Waals surface area contributed by atoms with Gasteiger partial charge in [-0.25, -0.2) is 0 Å². The molecular formula is C14H14BrClNO4+. The van der Waals surface area contributed by atoms with Gasteiger partial charge in [0.05, 0.1) is 0 Å². The van der Waals surface area contributed by atoms with Crippen LogP contribution >= 0.6 is 15.9 Å². The van der Waals surface area contributed by atoms with Crippen LogP contribution in [0.25, 0.3) is 16.3 Å². The Morgan fingerprint density at radius 2 is 1.81 bits per heavy atom. The maximum absolute atomic E-state index is 8.83. The van der Waals surface area contributed by atoms with Crippen molar-refractivity contribution in [3.63, 3.8) is 0 Å². The van der Waals surface area contributed by atoms with Crippen LogP contribution in [0.15, 0.2) is 53.3 Å². The average Bonchev–Trinajstić information content (AvgIpc) is 2.38. The molecule has 3 N–H and O–H groups in total. The van der Waals surface area contributed by atoms with Crippen LogP contribution in [0.2, 0.25) is 0 Å². The number of aryl methyl sites for hydroxylation is 1. The Hall–Kier alpha value is -1.28. The van der Waals surface area contributed by atoms with Crippen LogP contribution in [0.3, 0.4) is 0 Å². The summed E-state index contributed by atoms with van der Waals surface area (Å²) in [5.74, 6) is 0. The van der Waals surface area contributed by atoms with Gasteiger partial charge in [-0.05, 0) is 36.6 Å². The number of fused-ring (bicyclic) bond motifs is 2. The third-order valence-electron chi connectivity index (χ3n) is 2.97. The van der Waals surface area contributed by atoms with Crippen molar-refractivity contribution in [2.75, 3.05) is 0 Å². The SMILES string of the molecule is Cc1c2cc(Br)ccc2c[n+]2ccccc12.[O-][Cl+](O)(O)O. The van der Waals surface area contributed by atoms with Crippen LogP contribution in [0.4, 0.5) is 0 Å². The quantitative estimate of drug-likeness (QED) is 0.400. The molecule has 0 aliphatic rings. The van der Waals surface area contributed by atoms with Crippen molar-refractivity contribution >= 4 is 32.2 Å². The van der Waals surface area contributed by atoms with E-state index in [0.717, 1.165) is 4.47 Å². The fraction of sp³-hybridized carbons (Fsp3) is 0.0714. The number of benzene rings is 1. The van der Waals surface area contributed by atoms with Crippen LogP contribution in [-0.4, -0.2) is 14.0 Å². The van der Waals surface area contributed by atoms with E-state index in [4.69, 9.17) is 18.6 Å². The monoisotopic (exact) mass is 374 g/mol. The molecule has 0 saturated heterocycles. The van der Waals surface area contributed by atoms with Crippen molar-refractivity contribution < 1.29 is 33.3 Å². The summed E-state index contributed by atoms with van der Waals surface area (Å²) in [6.45, 7) is 2.17. The van der Waals surface area contributed by atoms with E-state index in [2.05, 4.69) is 76.0 Å². The number of hydrogen-bond donors (Lipinski definition) is 3. The van der Waals surface area contributed by atoms with Gasteiger partial charge in [0.1, 0.15) is 0 Å². The Morgan fingerprint density at radius 1 is 1.14 bits per heavy atom. The second-order valence-corrected chi connectivity index (χ2v) is 6.20. The summed E-state index contributed by atoms with van der Waals surface area (Å²) in [4.78, 5) is 0. The molecule has 0 spiro atoms. The summed E-state index contributed by atoms with van der Waals surface area (Å²) < 4.78 is 33.5. The molecule has 0 aliphatic heterocycles. The van der Waals surface area contributed by atoms with Crippen molar-refractivity contribution in [1.29, 1.82) is 0 Å². The summed E-state index contributed by atoms with van der Waals surface area (Å²) in [5, 5.41) is 2.57. The van der Waals surface area contributed by atoms with Gasteiger partial charge in [0, 0.05) is 27.6 Å². The molecule has 112 valence electrons. The van der Waals surface area contributed by atoms with Crippen LogP contribution in [0, 0.1) is 17.2 Å². The van der Waals surface area contributed by atoms with Gasteiger partial charge in [-0.2, -0.15) is 4.40 Å². The molecule has 2 aromatic heterocycles. The van der Waals surface area contributed by atoms with E-state index in [-0.39, 0.29) is 0 Å². The van der Waals surface area contributed by atoms with Crippen LogP contribution in [-0.2, 0) is 0 Å². The zero-order chi connectivity index (χ0) is 15.6. The van der Waals surface area contributed by atoms with Gasteiger partial charge in [-0.3, -0.25) is 0 Å². The van der Waals surface area contributed by atoms with Crippen LogP contribution in [0.5, 0.6) is 0 Å². The van der Waals surface area contributed by atoms with E-state index in [1.165, 1.54) is 21.9 Å². The Bertz CT molecular complexity index is 783. The van der Waals surface area contributed by atoms with Gasteiger partial charge in [0.15, 0.2) is 12.4 Å². The summed E-state index contributed by atoms with van der Waals surface area (Å²) in [5.41, 5.74) is 2.58. The molecule has 0 aliphatic carbocycles. The fourth-order valence-corrected chi connectivity index (χ4v) is 2.50. The fourth-order valence-electron chi connectivity index (χ4n) is 2.14. The molecule has 5 nitrogen and oxygen atoms in total. The minimum atomic E-state index is -4.19. The number of rotatable bonds is 0. The predicted octanol–water partition coefficient (Wildman–Crippen LogP) is 0.789. The first-order valence-electron chi connectivity index (χ1n) is 5.91. The van der Waals surface area contributed by atoms with Gasteiger partial charge >= 0.3 is 28.9 Å². The average molecular weight is 376 g/mol. The van der Waals surface area contributed by atoms with Gasteiger partial charge in [-0.1, -0.05) is 15.9 Å². The molecule has 21 heavy (non-hydrogen) atoms. The third kappa shape index (κ3) is 4.34. The Kier molecular flexibility index (Phi) is 4.77. The van der Waals surface area contributed by atoms with E-state index in [1.54, 1.807) is 0 Å². The molecule has 0 atom stereocenters. The van der Waals surface area contributed by atoms with Gasteiger partial charge < -0.3 is 0 Å². The number of aromatic nitrogens is 1. The molecule has 3 rings (SSSR count). The molecule has 1 aromatic carbocycles. The van der Waals surface area contributed by atoms with E-state index < -0.39 is 10.2 Å². The number of nitrogens with zero attached hydrogens (tertiary/aromatic N) is 1. The predicted molar refractivity (Wildman–Crippen MR) is 76.2 cm³/mol. The molecule has 0 unspecified atom stereocenters. The molecule has 7 heteroatoms. The Morgan fingerprint density at radius 3 is 2.48 bits per heavy atom. The molecule has 3 aromatic rings. The zero-order valence-corrected chi connectivity index (χ0v) is 13.4. The first-order valence-corrected chi connectivity index (χ1v) is 8.02. The Labute approximate surface area is 131 Å². The summed E-state index contributed by atoms with van der Waals surface area (Å²) in [6.07, 6.45) is 4.26. The summed E-state index contributed by atoms with van der Waals surface area (Å²) in [6, 6.07) is 12.7. The molecular weight excluding hydrogens is 362 g/mol. The van der Waals surface area contributed by atoms with Crippen molar-refractivity contribution in [2.45, 2.75) is 6.92 Å². The minimum absolute atomic E-state index is 1.13. The van der Waals surface area contributed by atoms with E-state index in [9.17, 15) is 0 Å². The standard InChI is InChI=1S/C14H11BrN.ClH3O4/c1-10-13-8-12(15)6-5-11(13)9-16-7-3-2-4-14(10)16;2-1(3,4)5/h2-9H,1H3;2-4H/q+1;. The van der Waals surface area contributed by atoms with Gasteiger partial charge in [-0.15, -0.1) is 0 Å². The molecule has 0 radical (unpaired) electrons. The normalized spacial score (nSPS) is 12.1. The van der Waals surface area contributed by atoms with Crippen molar-refractivity contribution in [2.24, 2.45) is 0 Å². The van der Waals surface area contributed by atoms with Crippen LogP contribution in [0.1, 0.15) is 5.56 Å². The molecule has 2 heterocycles.